The molecular formula is C15H32N2O. The molecule has 3 nitrogen and oxygen atoms in total. The van der Waals surface area contributed by atoms with Crippen molar-refractivity contribution >= 4 is 0 Å². The van der Waals surface area contributed by atoms with Crippen molar-refractivity contribution in [1.29, 1.82) is 0 Å². The lowest BCUT2D eigenvalue weighted by atomic mass is 9.85. The van der Waals surface area contributed by atoms with Crippen LogP contribution in [0.15, 0.2) is 0 Å². The molecule has 0 radical (unpaired) electrons. The van der Waals surface area contributed by atoms with Crippen LogP contribution in [0.5, 0.6) is 0 Å². The molecule has 0 unspecified atom stereocenters. The molecule has 0 amide bonds. The molecule has 0 aliphatic heterocycles. The van der Waals surface area contributed by atoms with Gasteiger partial charge in [-0.25, -0.2) is 0 Å². The molecule has 1 aliphatic carbocycles. The zero-order valence-corrected chi connectivity index (χ0v) is 12.4. The van der Waals surface area contributed by atoms with E-state index in [-0.39, 0.29) is 0 Å². The minimum Gasteiger partial charge on any atom is -0.395 e. The third kappa shape index (κ3) is 5.25. The molecule has 2 N–H and O–H groups in total. The van der Waals surface area contributed by atoms with Crippen LogP contribution in [0.3, 0.4) is 0 Å². The summed E-state index contributed by atoms with van der Waals surface area (Å²) in [5.41, 5.74) is 0.472. The van der Waals surface area contributed by atoms with Gasteiger partial charge in [-0.15, -0.1) is 0 Å². The van der Waals surface area contributed by atoms with E-state index in [0.717, 1.165) is 32.7 Å². The Balaban J connectivity index is 2.48. The first kappa shape index (κ1) is 15.9. The molecule has 0 aromatic rings. The molecule has 0 saturated heterocycles. The maximum atomic E-state index is 9.18. The van der Waals surface area contributed by atoms with Crippen LogP contribution >= 0.6 is 0 Å². The first-order valence-electron chi connectivity index (χ1n) is 7.80. The van der Waals surface area contributed by atoms with Crippen molar-refractivity contribution in [3.8, 4) is 0 Å². The molecule has 0 bridgehead atoms. The van der Waals surface area contributed by atoms with Crippen LogP contribution in [0.2, 0.25) is 0 Å². The minimum absolute atomic E-state index is 0.290. The van der Waals surface area contributed by atoms with Crippen LogP contribution < -0.4 is 5.32 Å². The third-order valence-electron chi connectivity index (χ3n) is 4.11. The normalized spacial score (nSPS) is 18.7. The highest BCUT2D eigenvalue weighted by Gasteiger charge is 2.34. The Labute approximate surface area is 113 Å². The zero-order valence-electron chi connectivity index (χ0n) is 12.4. The Morgan fingerprint density at radius 2 is 1.83 bits per heavy atom. The molecule has 108 valence electrons. The van der Waals surface area contributed by atoms with Crippen LogP contribution in [-0.4, -0.2) is 49.3 Å². The van der Waals surface area contributed by atoms with E-state index < -0.39 is 0 Å². The summed E-state index contributed by atoms with van der Waals surface area (Å²) in [6.07, 6.45) is 7.87. The van der Waals surface area contributed by atoms with Crippen molar-refractivity contribution in [3.63, 3.8) is 0 Å². The molecule has 1 saturated carbocycles. The highest BCUT2D eigenvalue weighted by atomic mass is 16.3. The van der Waals surface area contributed by atoms with Crippen molar-refractivity contribution in [2.24, 2.45) is 5.41 Å². The van der Waals surface area contributed by atoms with Gasteiger partial charge >= 0.3 is 0 Å². The summed E-state index contributed by atoms with van der Waals surface area (Å²) in [5, 5.41) is 12.8. The van der Waals surface area contributed by atoms with Gasteiger partial charge in [0, 0.05) is 19.6 Å². The van der Waals surface area contributed by atoms with Crippen LogP contribution in [0, 0.1) is 5.41 Å². The lowest BCUT2D eigenvalue weighted by Gasteiger charge is -2.35. The Morgan fingerprint density at radius 1 is 1.11 bits per heavy atom. The van der Waals surface area contributed by atoms with E-state index in [1.807, 2.05) is 0 Å². The minimum atomic E-state index is 0.290. The number of aliphatic hydroxyl groups is 1. The molecule has 0 atom stereocenters. The fourth-order valence-electron chi connectivity index (χ4n) is 3.25. The zero-order chi connectivity index (χ0) is 13.3. The summed E-state index contributed by atoms with van der Waals surface area (Å²) < 4.78 is 0. The van der Waals surface area contributed by atoms with Gasteiger partial charge < -0.3 is 15.3 Å². The largest absolute Gasteiger partial charge is 0.395 e. The smallest absolute Gasteiger partial charge is 0.0558 e. The third-order valence-corrected chi connectivity index (χ3v) is 4.11. The quantitative estimate of drug-likeness (QED) is 0.589. The maximum absolute atomic E-state index is 9.18. The summed E-state index contributed by atoms with van der Waals surface area (Å²) in [4.78, 5) is 2.46. The lowest BCUT2D eigenvalue weighted by molar-refractivity contribution is 0.124. The number of hydrogen-bond donors (Lipinski definition) is 2. The summed E-state index contributed by atoms with van der Waals surface area (Å²) >= 11 is 0. The van der Waals surface area contributed by atoms with Crippen LogP contribution in [0.4, 0.5) is 0 Å². The Hall–Kier alpha value is -0.120. The Bertz CT molecular complexity index is 197. The average molecular weight is 256 g/mol. The predicted octanol–water partition coefficient (Wildman–Crippen LogP) is 2.25. The SMILES string of the molecule is CCCNCC1(CN(CCC)CCO)CCCC1. The highest BCUT2D eigenvalue weighted by Crippen LogP contribution is 2.38. The number of nitrogens with zero attached hydrogens (tertiary/aromatic N) is 1. The topological polar surface area (TPSA) is 35.5 Å². The van der Waals surface area contributed by atoms with Crippen LogP contribution in [-0.2, 0) is 0 Å². The van der Waals surface area contributed by atoms with Gasteiger partial charge in [0.25, 0.3) is 0 Å². The molecule has 3 heteroatoms. The monoisotopic (exact) mass is 256 g/mol. The van der Waals surface area contributed by atoms with E-state index in [0.29, 0.717) is 12.0 Å². The van der Waals surface area contributed by atoms with Crippen molar-refractivity contribution in [3.05, 3.63) is 0 Å². The van der Waals surface area contributed by atoms with Gasteiger partial charge in [-0.05, 0) is 44.2 Å². The summed E-state index contributed by atoms with van der Waals surface area (Å²) in [6, 6.07) is 0. The van der Waals surface area contributed by atoms with Gasteiger partial charge in [0.1, 0.15) is 0 Å². The second kappa shape index (κ2) is 8.89. The van der Waals surface area contributed by atoms with Gasteiger partial charge in [0.05, 0.1) is 6.61 Å². The van der Waals surface area contributed by atoms with Crippen molar-refractivity contribution in [2.45, 2.75) is 52.4 Å². The summed E-state index contributed by atoms with van der Waals surface area (Å²) in [5.74, 6) is 0. The fourth-order valence-corrected chi connectivity index (χ4v) is 3.25. The number of hydrogen-bond acceptors (Lipinski definition) is 3. The first-order chi connectivity index (χ1) is 8.76. The number of aliphatic hydroxyl groups excluding tert-OH is 1. The highest BCUT2D eigenvalue weighted by molar-refractivity contribution is 4.89. The van der Waals surface area contributed by atoms with Gasteiger partial charge in [-0.2, -0.15) is 0 Å². The number of nitrogens with one attached hydrogen (secondary N) is 1. The summed E-state index contributed by atoms with van der Waals surface area (Å²) in [6.45, 7) is 10.2. The van der Waals surface area contributed by atoms with E-state index in [2.05, 4.69) is 24.1 Å². The van der Waals surface area contributed by atoms with Crippen molar-refractivity contribution in [1.82, 2.24) is 10.2 Å². The van der Waals surface area contributed by atoms with Crippen LogP contribution in [0.25, 0.3) is 0 Å². The summed E-state index contributed by atoms with van der Waals surface area (Å²) in [7, 11) is 0. The van der Waals surface area contributed by atoms with Gasteiger partial charge in [0.2, 0.25) is 0 Å². The van der Waals surface area contributed by atoms with Gasteiger partial charge in [0.15, 0.2) is 0 Å². The molecule has 1 aliphatic rings. The second-order valence-corrected chi connectivity index (χ2v) is 5.88. The lowest BCUT2D eigenvalue weighted by Crippen LogP contribution is -2.44. The molecular weight excluding hydrogens is 224 g/mol. The molecule has 1 fully saturated rings. The van der Waals surface area contributed by atoms with E-state index in [1.165, 1.54) is 38.5 Å². The standard InChI is InChI=1S/C15H32N2O/c1-3-9-16-13-15(7-5-6-8-15)14-17(10-4-2)11-12-18/h16,18H,3-14H2,1-2H3. The van der Waals surface area contributed by atoms with Gasteiger partial charge in [-0.3, -0.25) is 0 Å². The number of rotatable bonds is 10. The molecule has 0 spiro atoms. The molecule has 18 heavy (non-hydrogen) atoms. The molecule has 0 aromatic heterocycles. The molecule has 0 aromatic carbocycles. The van der Waals surface area contributed by atoms with E-state index in [9.17, 15) is 5.11 Å². The van der Waals surface area contributed by atoms with Crippen LogP contribution in [0.1, 0.15) is 52.4 Å². The van der Waals surface area contributed by atoms with E-state index in [4.69, 9.17) is 0 Å². The van der Waals surface area contributed by atoms with Crippen molar-refractivity contribution < 1.29 is 5.11 Å². The second-order valence-electron chi connectivity index (χ2n) is 5.88. The van der Waals surface area contributed by atoms with Gasteiger partial charge in [-0.1, -0.05) is 26.7 Å². The Morgan fingerprint density at radius 3 is 2.39 bits per heavy atom. The fraction of sp³-hybridized carbons (Fsp3) is 1.00. The molecule has 0 heterocycles. The Kier molecular flexibility index (Phi) is 7.87. The molecule has 1 rings (SSSR count). The van der Waals surface area contributed by atoms with E-state index in [1.54, 1.807) is 0 Å². The van der Waals surface area contributed by atoms with E-state index >= 15 is 0 Å². The maximum Gasteiger partial charge on any atom is 0.0558 e. The first-order valence-corrected chi connectivity index (χ1v) is 7.80. The predicted molar refractivity (Wildman–Crippen MR) is 77.9 cm³/mol. The van der Waals surface area contributed by atoms with Crippen molar-refractivity contribution in [2.75, 3.05) is 39.3 Å². The average Bonchev–Trinajstić information content (AvgIpc) is 2.79.